The van der Waals surface area contributed by atoms with Gasteiger partial charge in [0.15, 0.2) is 0 Å². The first-order valence-corrected chi connectivity index (χ1v) is 11.6. The molecule has 0 spiro atoms. The van der Waals surface area contributed by atoms with Crippen LogP contribution in [0.2, 0.25) is 0 Å². The molecule has 0 saturated carbocycles. The van der Waals surface area contributed by atoms with E-state index in [0.29, 0.717) is 12.0 Å². The molecule has 1 aromatic rings. The van der Waals surface area contributed by atoms with Crippen molar-refractivity contribution in [3.63, 3.8) is 0 Å². The van der Waals surface area contributed by atoms with Crippen molar-refractivity contribution >= 4 is 23.7 Å². The van der Waals surface area contributed by atoms with Crippen LogP contribution in [0.25, 0.3) is 0 Å². The Morgan fingerprint density at radius 1 is 0.886 bits per heavy atom. The van der Waals surface area contributed by atoms with Gasteiger partial charge in [-0.1, -0.05) is 46.2 Å². The largest absolute Gasteiger partial charge is 0.508 e. The highest BCUT2D eigenvalue weighted by atomic mass is 16.4. The first-order chi connectivity index (χ1) is 16.3. The molecule has 0 fully saturated rings. The predicted octanol–water partition coefficient (Wildman–Crippen LogP) is -0.116. The molecule has 0 aromatic heterocycles. The number of hydrogen-bond acceptors (Lipinski definition) is 7. The van der Waals surface area contributed by atoms with Gasteiger partial charge in [-0.05, 0) is 36.5 Å². The second-order valence-corrected chi connectivity index (χ2v) is 9.14. The number of hydrogen-bond donors (Lipinski definition) is 7. The summed E-state index contributed by atoms with van der Waals surface area (Å²) in [5, 5.41) is 36.3. The number of aliphatic hydroxyl groups is 1. The molecule has 0 saturated heterocycles. The Kier molecular flexibility index (Phi) is 11.6. The van der Waals surface area contributed by atoms with Gasteiger partial charge in [-0.3, -0.25) is 14.4 Å². The van der Waals surface area contributed by atoms with Gasteiger partial charge in [-0.2, -0.15) is 0 Å². The fourth-order valence-corrected chi connectivity index (χ4v) is 3.28. The summed E-state index contributed by atoms with van der Waals surface area (Å²) in [5.41, 5.74) is 6.27. The van der Waals surface area contributed by atoms with Gasteiger partial charge in [-0.15, -0.1) is 0 Å². The number of amides is 3. The first kappa shape index (κ1) is 29.9. The van der Waals surface area contributed by atoms with E-state index in [0.717, 1.165) is 0 Å². The number of carboxylic acids is 1. The summed E-state index contributed by atoms with van der Waals surface area (Å²) in [6, 6.07) is 1.39. The average Bonchev–Trinajstić information content (AvgIpc) is 2.79. The standard InChI is InChI=1S/C24H38N4O7/c1-6-13(4)20(24(34)35)28-21(31)17(11-15-7-9-16(30)10-8-15)26-23(33)19(12(2)3)27-22(32)18(25)14(5)29/h7-10,12-14,17-20,29-30H,6,11,25H2,1-5H3,(H,26,33)(H,27,32)(H,28,31)(H,34,35). The third-order valence-corrected chi connectivity index (χ3v) is 5.86. The Labute approximate surface area is 205 Å². The van der Waals surface area contributed by atoms with Crippen molar-refractivity contribution in [3.05, 3.63) is 29.8 Å². The molecule has 3 amide bonds. The highest BCUT2D eigenvalue weighted by molar-refractivity contribution is 5.94. The lowest BCUT2D eigenvalue weighted by molar-refractivity contribution is -0.144. The molecule has 1 aromatic carbocycles. The fourth-order valence-electron chi connectivity index (χ4n) is 3.28. The zero-order valence-electron chi connectivity index (χ0n) is 20.8. The van der Waals surface area contributed by atoms with E-state index in [9.17, 15) is 34.5 Å². The lowest BCUT2D eigenvalue weighted by Crippen LogP contribution is -2.60. The number of aliphatic carboxylic acids is 1. The summed E-state index contributed by atoms with van der Waals surface area (Å²) in [4.78, 5) is 50.3. The van der Waals surface area contributed by atoms with Gasteiger partial charge in [0.1, 0.15) is 29.9 Å². The molecule has 6 atom stereocenters. The quantitative estimate of drug-likeness (QED) is 0.197. The van der Waals surface area contributed by atoms with Crippen LogP contribution in [0.3, 0.4) is 0 Å². The molecule has 6 unspecified atom stereocenters. The van der Waals surface area contributed by atoms with Gasteiger partial charge in [-0.25, -0.2) is 4.79 Å². The summed E-state index contributed by atoms with van der Waals surface area (Å²) >= 11 is 0. The fraction of sp³-hybridized carbons (Fsp3) is 0.583. The van der Waals surface area contributed by atoms with Gasteiger partial charge in [0.2, 0.25) is 17.7 Å². The molecule has 35 heavy (non-hydrogen) atoms. The Bertz CT molecular complexity index is 873. The maximum Gasteiger partial charge on any atom is 0.326 e. The number of aromatic hydroxyl groups is 1. The topological polar surface area (TPSA) is 191 Å². The molecule has 0 radical (unpaired) electrons. The zero-order valence-corrected chi connectivity index (χ0v) is 20.8. The molecule has 0 aliphatic heterocycles. The van der Waals surface area contributed by atoms with Crippen LogP contribution >= 0.6 is 0 Å². The van der Waals surface area contributed by atoms with Gasteiger partial charge in [0.05, 0.1) is 6.10 Å². The highest BCUT2D eigenvalue weighted by Gasteiger charge is 2.33. The second kappa shape index (κ2) is 13.6. The van der Waals surface area contributed by atoms with Crippen LogP contribution < -0.4 is 21.7 Å². The summed E-state index contributed by atoms with van der Waals surface area (Å²) in [7, 11) is 0. The molecule has 11 heteroatoms. The van der Waals surface area contributed by atoms with Crippen LogP contribution in [0.5, 0.6) is 5.75 Å². The van der Waals surface area contributed by atoms with E-state index in [4.69, 9.17) is 5.73 Å². The van der Waals surface area contributed by atoms with E-state index in [-0.39, 0.29) is 24.0 Å². The Morgan fingerprint density at radius 2 is 1.43 bits per heavy atom. The first-order valence-electron chi connectivity index (χ1n) is 11.6. The zero-order chi connectivity index (χ0) is 26.9. The van der Waals surface area contributed by atoms with Crippen LogP contribution in [-0.2, 0) is 25.6 Å². The van der Waals surface area contributed by atoms with Crippen molar-refractivity contribution in [2.45, 2.75) is 77.7 Å². The normalized spacial score (nSPS) is 16.3. The number of carbonyl (C=O) groups is 4. The SMILES string of the molecule is CCC(C)C(NC(=O)C(Cc1ccc(O)cc1)NC(=O)C(NC(=O)C(N)C(C)O)C(C)C)C(=O)O. The summed E-state index contributed by atoms with van der Waals surface area (Å²) < 4.78 is 0. The van der Waals surface area contributed by atoms with Crippen molar-refractivity contribution in [2.24, 2.45) is 17.6 Å². The number of rotatable bonds is 13. The van der Waals surface area contributed by atoms with Crippen molar-refractivity contribution < 1.29 is 34.5 Å². The number of carbonyl (C=O) groups excluding carboxylic acids is 3. The molecule has 0 heterocycles. The van der Waals surface area contributed by atoms with Crippen LogP contribution in [0, 0.1) is 11.8 Å². The smallest absolute Gasteiger partial charge is 0.326 e. The maximum atomic E-state index is 13.1. The van der Waals surface area contributed by atoms with Gasteiger partial charge in [0, 0.05) is 6.42 Å². The average molecular weight is 495 g/mol. The Hall–Kier alpha value is -3.18. The van der Waals surface area contributed by atoms with Crippen molar-refractivity contribution in [2.75, 3.05) is 0 Å². The molecule has 8 N–H and O–H groups in total. The summed E-state index contributed by atoms with van der Waals surface area (Å²) in [5.74, 6) is -4.00. The van der Waals surface area contributed by atoms with Gasteiger partial charge >= 0.3 is 5.97 Å². The molecule has 0 aliphatic carbocycles. The minimum Gasteiger partial charge on any atom is -0.508 e. The third-order valence-electron chi connectivity index (χ3n) is 5.86. The van der Waals surface area contributed by atoms with E-state index in [1.165, 1.54) is 19.1 Å². The van der Waals surface area contributed by atoms with Crippen molar-refractivity contribution in [1.82, 2.24) is 16.0 Å². The molecule has 1 rings (SSSR count). The van der Waals surface area contributed by atoms with Crippen molar-refractivity contribution in [3.8, 4) is 5.75 Å². The van der Waals surface area contributed by atoms with E-state index in [1.807, 2.05) is 0 Å². The van der Waals surface area contributed by atoms with Crippen molar-refractivity contribution in [1.29, 1.82) is 0 Å². The van der Waals surface area contributed by atoms with Crippen LogP contribution in [0.15, 0.2) is 24.3 Å². The second-order valence-electron chi connectivity index (χ2n) is 9.14. The number of carboxylic acid groups (broad SMARTS) is 1. The van der Waals surface area contributed by atoms with E-state index < -0.39 is 54.0 Å². The van der Waals surface area contributed by atoms with Crippen LogP contribution in [-0.4, -0.2) is 69.3 Å². The summed E-state index contributed by atoms with van der Waals surface area (Å²) in [6.07, 6.45) is -0.610. The third kappa shape index (κ3) is 9.18. The highest BCUT2D eigenvalue weighted by Crippen LogP contribution is 2.14. The molecule has 0 bridgehead atoms. The lowest BCUT2D eigenvalue weighted by Gasteiger charge is -2.28. The molecule has 0 aliphatic rings. The summed E-state index contributed by atoms with van der Waals surface area (Å²) in [6.45, 7) is 8.23. The molecular weight excluding hydrogens is 456 g/mol. The number of aliphatic hydroxyl groups excluding tert-OH is 1. The van der Waals surface area contributed by atoms with E-state index >= 15 is 0 Å². The maximum absolute atomic E-state index is 13.1. The van der Waals surface area contributed by atoms with Gasteiger partial charge < -0.3 is 37.0 Å². The predicted molar refractivity (Wildman–Crippen MR) is 129 cm³/mol. The monoisotopic (exact) mass is 494 g/mol. The molecular formula is C24H38N4O7. The molecule has 196 valence electrons. The Balaban J connectivity index is 3.17. The number of nitrogens with one attached hydrogen (secondary N) is 3. The van der Waals surface area contributed by atoms with E-state index in [2.05, 4.69) is 16.0 Å². The number of benzene rings is 1. The minimum absolute atomic E-state index is 0.0106. The van der Waals surface area contributed by atoms with E-state index in [1.54, 1.807) is 39.8 Å². The Morgan fingerprint density at radius 3 is 1.89 bits per heavy atom. The number of phenolic OH excluding ortho intramolecular Hbond substituents is 1. The van der Waals surface area contributed by atoms with Crippen LogP contribution in [0.1, 0.15) is 46.6 Å². The molecule has 11 nitrogen and oxygen atoms in total. The lowest BCUT2D eigenvalue weighted by atomic mass is 9.97. The van der Waals surface area contributed by atoms with Gasteiger partial charge in [0.25, 0.3) is 0 Å². The number of phenols is 1. The minimum atomic E-state index is -1.24. The number of nitrogens with two attached hydrogens (primary N) is 1. The van der Waals surface area contributed by atoms with Crippen LogP contribution in [0.4, 0.5) is 0 Å².